The van der Waals surface area contributed by atoms with Gasteiger partial charge in [0.15, 0.2) is 0 Å². The number of hydrogen-bond acceptors (Lipinski definition) is 3. The lowest BCUT2D eigenvalue weighted by atomic mass is 9.82. The van der Waals surface area contributed by atoms with Crippen LogP contribution in [0.2, 0.25) is 5.02 Å². The number of benzene rings is 1. The Morgan fingerprint density at radius 2 is 2.15 bits per heavy atom. The molecule has 1 aromatic carbocycles. The molecule has 2 aliphatic rings. The molecule has 0 bridgehead atoms. The predicted molar refractivity (Wildman–Crippen MR) is 80.6 cm³/mol. The first-order valence-corrected chi connectivity index (χ1v) is 7.83. The van der Waals surface area contributed by atoms with Crippen LogP contribution >= 0.6 is 11.6 Å². The standard InChI is InChI=1S/C16H22ClNO2/c1-3-19-15-10-16(4-6-18-7-5-16)20-14-8-11(2)13(17)9-12(14)15/h8-9,15,18H,3-7,10H2,1-2H3. The van der Waals surface area contributed by atoms with Gasteiger partial charge in [0.25, 0.3) is 0 Å². The SMILES string of the molecule is CCOC1CC2(CCNCC2)Oc2cc(C)c(Cl)cc21. The molecule has 0 aromatic heterocycles. The summed E-state index contributed by atoms with van der Waals surface area (Å²) in [5, 5.41) is 4.20. The summed E-state index contributed by atoms with van der Waals surface area (Å²) >= 11 is 6.27. The molecular formula is C16H22ClNO2. The highest BCUT2D eigenvalue weighted by Gasteiger charge is 2.42. The molecule has 20 heavy (non-hydrogen) atoms. The van der Waals surface area contributed by atoms with Gasteiger partial charge in [-0.3, -0.25) is 0 Å². The van der Waals surface area contributed by atoms with Crippen molar-refractivity contribution in [3.8, 4) is 5.75 Å². The van der Waals surface area contributed by atoms with Gasteiger partial charge in [0.05, 0.1) is 6.10 Å². The summed E-state index contributed by atoms with van der Waals surface area (Å²) in [4.78, 5) is 0. The number of hydrogen-bond donors (Lipinski definition) is 1. The molecule has 0 aliphatic carbocycles. The Labute approximate surface area is 125 Å². The number of nitrogens with one attached hydrogen (secondary N) is 1. The van der Waals surface area contributed by atoms with E-state index in [-0.39, 0.29) is 11.7 Å². The second kappa shape index (κ2) is 5.55. The molecular weight excluding hydrogens is 274 g/mol. The minimum atomic E-state index is -0.0711. The van der Waals surface area contributed by atoms with Gasteiger partial charge in [-0.05, 0) is 57.5 Å². The van der Waals surface area contributed by atoms with Crippen molar-refractivity contribution in [2.75, 3.05) is 19.7 Å². The fourth-order valence-corrected chi connectivity index (χ4v) is 3.44. The van der Waals surface area contributed by atoms with Crippen molar-refractivity contribution in [3.63, 3.8) is 0 Å². The molecule has 0 radical (unpaired) electrons. The maximum absolute atomic E-state index is 6.39. The van der Waals surface area contributed by atoms with E-state index in [0.29, 0.717) is 6.61 Å². The quantitative estimate of drug-likeness (QED) is 0.904. The topological polar surface area (TPSA) is 30.5 Å². The van der Waals surface area contributed by atoms with E-state index < -0.39 is 0 Å². The van der Waals surface area contributed by atoms with Gasteiger partial charge in [0, 0.05) is 23.6 Å². The summed E-state index contributed by atoms with van der Waals surface area (Å²) in [7, 11) is 0. The van der Waals surface area contributed by atoms with Crippen molar-refractivity contribution in [3.05, 3.63) is 28.3 Å². The Morgan fingerprint density at radius 3 is 2.85 bits per heavy atom. The first-order chi connectivity index (χ1) is 9.63. The number of halogens is 1. The molecule has 1 N–H and O–H groups in total. The van der Waals surface area contributed by atoms with Crippen molar-refractivity contribution in [2.24, 2.45) is 0 Å². The van der Waals surface area contributed by atoms with Gasteiger partial charge in [0.1, 0.15) is 11.4 Å². The van der Waals surface area contributed by atoms with Crippen LogP contribution in [0.4, 0.5) is 0 Å². The number of fused-ring (bicyclic) bond motifs is 1. The summed E-state index contributed by atoms with van der Waals surface area (Å²) in [5.74, 6) is 0.957. The number of aryl methyl sites for hydroxylation is 1. The maximum Gasteiger partial charge on any atom is 0.126 e. The number of piperidine rings is 1. The third kappa shape index (κ3) is 2.54. The highest BCUT2D eigenvalue weighted by Crippen LogP contribution is 2.46. The molecule has 2 heterocycles. The molecule has 1 aromatic rings. The molecule has 2 aliphatic heterocycles. The molecule has 110 valence electrons. The average Bonchev–Trinajstić information content (AvgIpc) is 2.42. The Bertz CT molecular complexity index is 497. The van der Waals surface area contributed by atoms with Gasteiger partial charge in [-0.25, -0.2) is 0 Å². The van der Waals surface area contributed by atoms with Crippen LogP contribution < -0.4 is 10.1 Å². The maximum atomic E-state index is 6.39. The largest absolute Gasteiger partial charge is 0.487 e. The third-order valence-electron chi connectivity index (χ3n) is 4.40. The lowest BCUT2D eigenvalue weighted by molar-refractivity contribution is -0.0589. The van der Waals surface area contributed by atoms with Crippen LogP contribution in [0, 0.1) is 6.92 Å². The van der Waals surface area contributed by atoms with E-state index in [4.69, 9.17) is 21.1 Å². The number of ether oxygens (including phenoxy) is 2. The Kier molecular flexibility index (Phi) is 3.93. The van der Waals surface area contributed by atoms with Crippen LogP contribution in [0.1, 0.15) is 43.4 Å². The van der Waals surface area contributed by atoms with E-state index in [1.807, 2.05) is 19.9 Å². The van der Waals surface area contributed by atoms with Crippen LogP contribution in [0.5, 0.6) is 5.75 Å². The summed E-state index contributed by atoms with van der Waals surface area (Å²) in [5.41, 5.74) is 2.09. The first kappa shape index (κ1) is 14.2. The Balaban J connectivity index is 1.98. The van der Waals surface area contributed by atoms with Crippen molar-refractivity contribution >= 4 is 11.6 Å². The van der Waals surface area contributed by atoms with Crippen LogP contribution in [0.15, 0.2) is 12.1 Å². The van der Waals surface area contributed by atoms with Gasteiger partial charge in [-0.1, -0.05) is 11.6 Å². The molecule has 0 amide bonds. The fourth-order valence-electron chi connectivity index (χ4n) is 3.27. The van der Waals surface area contributed by atoms with E-state index in [9.17, 15) is 0 Å². The van der Waals surface area contributed by atoms with E-state index in [1.54, 1.807) is 0 Å². The van der Waals surface area contributed by atoms with Crippen LogP contribution in [-0.2, 0) is 4.74 Å². The molecule has 0 saturated carbocycles. The second-order valence-corrected chi connectivity index (χ2v) is 6.23. The minimum Gasteiger partial charge on any atom is -0.487 e. The van der Waals surface area contributed by atoms with Gasteiger partial charge < -0.3 is 14.8 Å². The van der Waals surface area contributed by atoms with Crippen molar-refractivity contribution < 1.29 is 9.47 Å². The van der Waals surface area contributed by atoms with E-state index >= 15 is 0 Å². The van der Waals surface area contributed by atoms with Crippen molar-refractivity contribution in [1.82, 2.24) is 5.32 Å². The highest BCUT2D eigenvalue weighted by molar-refractivity contribution is 6.31. The van der Waals surface area contributed by atoms with Gasteiger partial charge >= 0.3 is 0 Å². The van der Waals surface area contributed by atoms with Gasteiger partial charge in [0.2, 0.25) is 0 Å². The number of rotatable bonds is 2. The molecule has 1 atom stereocenters. The molecule has 3 rings (SSSR count). The minimum absolute atomic E-state index is 0.0711. The molecule has 1 spiro atoms. The average molecular weight is 296 g/mol. The van der Waals surface area contributed by atoms with Crippen LogP contribution in [0.25, 0.3) is 0 Å². The van der Waals surface area contributed by atoms with E-state index in [1.165, 1.54) is 0 Å². The molecule has 1 unspecified atom stereocenters. The van der Waals surface area contributed by atoms with Crippen LogP contribution in [0.3, 0.4) is 0 Å². The lowest BCUT2D eigenvalue weighted by Crippen LogP contribution is -2.49. The van der Waals surface area contributed by atoms with Crippen molar-refractivity contribution in [2.45, 2.75) is 44.8 Å². The molecule has 3 nitrogen and oxygen atoms in total. The monoisotopic (exact) mass is 295 g/mol. The Morgan fingerprint density at radius 1 is 1.40 bits per heavy atom. The van der Waals surface area contributed by atoms with E-state index in [2.05, 4.69) is 11.4 Å². The highest BCUT2D eigenvalue weighted by atomic mass is 35.5. The van der Waals surface area contributed by atoms with Crippen molar-refractivity contribution in [1.29, 1.82) is 0 Å². The zero-order valence-corrected chi connectivity index (χ0v) is 12.9. The normalized spacial score (nSPS) is 24.2. The smallest absolute Gasteiger partial charge is 0.126 e. The zero-order valence-electron chi connectivity index (χ0n) is 12.2. The molecule has 4 heteroatoms. The summed E-state index contributed by atoms with van der Waals surface area (Å²) in [6.45, 7) is 6.80. The zero-order chi connectivity index (χ0) is 14.2. The molecule has 1 fully saturated rings. The predicted octanol–water partition coefficient (Wildman–Crippen LogP) is 3.63. The summed E-state index contributed by atoms with van der Waals surface area (Å²) in [6, 6.07) is 4.08. The van der Waals surface area contributed by atoms with Gasteiger partial charge in [-0.2, -0.15) is 0 Å². The lowest BCUT2D eigenvalue weighted by Gasteiger charge is -2.44. The van der Waals surface area contributed by atoms with E-state index in [0.717, 1.165) is 54.3 Å². The third-order valence-corrected chi connectivity index (χ3v) is 4.81. The molecule has 1 saturated heterocycles. The Hall–Kier alpha value is -0.770. The fraction of sp³-hybridized carbons (Fsp3) is 0.625. The van der Waals surface area contributed by atoms with Gasteiger partial charge in [-0.15, -0.1) is 0 Å². The van der Waals surface area contributed by atoms with Crippen LogP contribution in [-0.4, -0.2) is 25.3 Å². The summed E-state index contributed by atoms with van der Waals surface area (Å²) < 4.78 is 12.4. The first-order valence-electron chi connectivity index (χ1n) is 7.45. The second-order valence-electron chi connectivity index (χ2n) is 5.82. The summed E-state index contributed by atoms with van der Waals surface area (Å²) in [6.07, 6.45) is 3.10.